The Bertz CT molecular complexity index is 1360. The molecule has 0 saturated heterocycles. The van der Waals surface area contributed by atoms with Crippen LogP contribution in [0, 0.1) is 5.92 Å². The maximum Gasteiger partial charge on any atom is 0.459 e. The van der Waals surface area contributed by atoms with E-state index in [0.717, 1.165) is 6.92 Å². The second-order valence-electron chi connectivity index (χ2n) is 11.9. The summed E-state index contributed by atoms with van der Waals surface area (Å²) in [6, 6.07) is 0. The van der Waals surface area contributed by atoms with Crippen LogP contribution in [0.5, 0.6) is 0 Å². The molecule has 10 nitrogen and oxygen atoms in total. The van der Waals surface area contributed by atoms with Crippen molar-refractivity contribution >= 4 is 40.5 Å². The highest BCUT2D eigenvalue weighted by atomic mass is 127. The Morgan fingerprint density at radius 3 is 1.10 bits per heavy atom. The van der Waals surface area contributed by atoms with Gasteiger partial charge in [0.2, 0.25) is 0 Å². The molecule has 0 saturated carbocycles. The molecule has 0 amide bonds. The summed E-state index contributed by atoms with van der Waals surface area (Å²) in [5, 5.41) is 10.4. The fourth-order valence-corrected chi connectivity index (χ4v) is 3.94. The van der Waals surface area contributed by atoms with Gasteiger partial charge in [0.25, 0.3) is 0 Å². The molecule has 58 heavy (non-hydrogen) atoms. The van der Waals surface area contributed by atoms with E-state index in [1.807, 2.05) is 0 Å². The number of aliphatic hydroxyl groups is 1. The van der Waals surface area contributed by atoms with Crippen LogP contribution in [0.15, 0.2) is 0 Å². The van der Waals surface area contributed by atoms with Crippen LogP contribution in [0.25, 0.3) is 0 Å². The van der Waals surface area contributed by atoms with Crippen LogP contribution in [-0.2, 0) is 42.8 Å². The molecule has 0 spiro atoms. The van der Waals surface area contributed by atoms with Crippen molar-refractivity contribution in [1.29, 1.82) is 0 Å². The lowest BCUT2D eigenvalue weighted by Crippen LogP contribution is -2.54. The van der Waals surface area contributed by atoms with Crippen LogP contribution in [0.3, 0.4) is 0 Å². The molecule has 0 heterocycles. The highest BCUT2D eigenvalue weighted by molar-refractivity contribution is 14.1. The van der Waals surface area contributed by atoms with E-state index in [9.17, 15) is 107 Å². The lowest BCUT2D eigenvalue weighted by molar-refractivity contribution is -0.362. The first-order valence-corrected chi connectivity index (χ1v) is 16.2. The molecular formula is C27H29F20IO10. The van der Waals surface area contributed by atoms with E-state index in [2.05, 4.69) is 28.4 Å². The van der Waals surface area contributed by atoms with Gasteiger partial charge in [-0.25, -0.2) is 4.79 Å². The lowest BCUT2D eigenvalue weighted by Gasteiger charge is -2.29. The van der Waals surface area contributed by atoms with E-state index in [1.54, 1.807) is 0 Å². The molecule has 0 aromatic carbocycles. The number of rotatable bonds is 24. The van der Waals surface area contributed by atoms with E-state index < -0.39 is 146 Å². The van der Waals surface area contributed by atoms with Crippen molar-refractivity contribution in [2.24, 2.45) is 5.92 Å². The van der Waals surface area contributed by atoms with Gasteiger partial charge >= 0.3 is 69.7 Å². The molecule has 0 aliphatic carbocycles. The molecular weight excluding hydrogens is 991 g/mol. The first-order chi connectivity index (χ1) is 25.6. The number of carbonyl (C=O) groups is 3. The number of hydrogen-bond donors (Lipinski definition) is 1. The monoisotopic (exact) mass is 1020 g/mol. The minimum absolute atomic E-state index is 0.280. The normalized spacial score (nSPS) is 16.9. The van der Waals surface area contributed by atoms with Crippen LogP contribution in [0.1, 0.15) is 27.2 Å². The number of halogens is 21. The fraction of sp³-hybridized carbons (Fsp3) is 0.889. The third-order valence-corrected chi connectivity index (χ3v) is 7.31. The van der Waals surface area contributed by atoms with E-state index >= 15 is 0 Å². The highest BCUT2D eigenvalue weighted by Crippen LogP contribution is 2.50. The molecule has 0 bridgehead atoms. The summed E-state index contributed by atoms with van der Waals surface area (Å²) in [7, 11) is 0. The van der Waals surface area contributed by atoms with Crippen LogP contribution < -0.4 is 0 Å². The van der Waals surface area contributed by atoms with Crippen molar-refractivity contribution in [3.05, 3.63) is 0 Å². The first kappa shape index (κ1) is 55.6. The minimum atomic E-state index is -6.77. The Kier molecular flexibility index (Phi) is 19.1. The van der Waals surface area contributed by atoms with Gasteiger partial charge in [-0.15, -0.1) is 0 Å². The molecule has 0 rings (SSSR count). The standard InChI is InChI=1S/C27H29F20IO10/c1-11(5-53-10-21(32,33)24(38,39)27(46,47)48)56-15(49)4-14(17(51)57-12(2)6-54-8-19(28,29)22(34,35)25(40,41)42)16(50)18(52)58-13(3)7-55-9-20(30,31)23(36,37)26(43,44)45/h11-14,16,50H,4-10H2,1-3H3. The third-order valence-electron chi connectivity index (χ3n) is 6.63. The summed E-state index contributed by atoms with van der Waals surface area (Å²) in [5.74, 6) is -45.0. The first-order valence-electron chi connectivity index (χ1n) is 15.1. The summed E-state index contributed by atoms with van der Waals surface area (Å²) >= 11 is -0.280. The molecule has 31 heteroatoms. The molecule has 5 atom stereocenters. The van der Waals surface area contributed by atoms with Crippen molar-refractivity contribution in [2.45, 2.75) is 103 Å². The Morgan fingerprint density at radius 2 is 0.793 bits per heavy atom. The molecule has 1 N–H and O–H groups in total. The highest BCUT2D eigenvalue weighted by Gasteiger charge is 2.74. The number of alkyl halides is 21. The van der Waals surface area contributed by atoms with Crippen LogP contribution in [-0.4, -0.2) is 139 Å². The molecule has 5 unspecified atom stereocenters. The number of esters is 3. The van der Waals surface area contributed by atoms with Gasteiger partial charge in [0.15, 0.2) is 6.10 Å². The third kappa shape index (κ3) is 14.6. The van der Waals surface area contributed by atoms with Gasteiger partial charge in [-0.2, -0.15) is 87.8 Å². The van der Waals surface area contributed by atoms with Crippen molar-refractivity contribution < 1.29 is 136 Å². The SMILES string of the molecule is CC(COCC(F)(F)C(F)(F)C(F)(F)I)OC(=O)CC(C(=O)OC(C)COCC(F)(F)C(F)(F)C(F)(F)F)C(O)C(=O)OC(C)COCC(F)(F)C(F)(F)C(F)(F)F. The second kappa shape index (κ2) is 20.0. The number of hydrogen-bond acceptors (Lipinski definition) is 10. The molecule has 0 aromatic rings. The van der Waals surface area contributed by atoms with Gasteiger partial charge in [0.1, 0.15) is 44.1 Å². The predicted octanol–water partition coefficient (Wildman–Crippen LogP) is 7.16. The number of aliphatic hydroxyl groups excluding tert-OH is 1. The topological polar surface area (TPSA) is 127 Å². The van der Waals surface area contributed by atoms with Gasteiger partial charge in [-0.1, -0.05) is 0 Å². The number of ether oxygens (including phenoxy) is 6. The Labute approximate surface area is 325 Å². The molecule has 0 fully saturated rings. The van der Waals surface area contributed by atoms with Gasteiger partial charge in [0, 0.05) is 22.6 Å². The van der Waals surface area contributed by atoms with E-state index in [4.69, 9.17) is 0 Å². The Balaban J connectivity index is 5.88. The van der Waals surface area contributed by atoms with Gasteiger partial charge in [0.05, 0.1) is 26.2 Å². The Morgan fingerprint density at radius 1 is 0.500 bits per heavy atom. The van der Waals surface area contributed by atoms with Gasteiger partial charge in [-0.05, 0) is 20.8 Å². The summed E-state index contributed by atoms with van der Waals surface area (Å²) in [5.41, 5.74) is 0. The molecule has 0 aromatic heterocycles. The molecule has 0 radical (unpaired) electrons. The smallest absolute Gasteiger partial charge is 0.459 e. The fourth-order valence-electron chi connectivity index (χ4n) is 3.55. The second-order valence-corrected chi connectivity index (χ2v) is 13.3. The molecule has 344 valence electrons. The average molecular weight is 1020 g/mol. The molecule has 0 aliphatic heterocycles. The zero-order valence-corrected chi connectivity index (χ0v) is 31.1. The van der Waals surface area contributed by atoms with Gasteiger partial charge < -0.3 is 33.5 Å². The maximum absolute atomic E-state index is 13.6. The molecule has 0 aliphatic rings. The number of carbonyl (C=O) groups excluding carboxylic acids is 3. The average Bonchev–Trinajstić information content (AvgIpc) is 3.00. The zero-order valence-electron chi connectivity index (χ0n) is 28.9. The van der Waals surface area contributed by atoms with E-state index in [0.29, 0.717) is 13.8 Å². The van der Waals surface area contributed by atoms with Crippen molar-refractivity contribution in [1.82, 2.24) is 0 Å². The maximum atomic E-state index is 13.6. The largest absolute Gasteiger partial charge is 0.460 e. The summed E-state index contributed by atoms with van der Waals surface area (Å²) < 4.78 is 280. The van der Waals surface area contributed by atoms with Crippen molar-refractivity contribution in [3.8, 4) is 0 Å². The summed E-state index contributed by atoms with van der Waals surface area (Å²) in [6.07, 6.45) is -23.9. The van der Waals surface area contributed by atoms with Crippen molar-refractivity contribution in [3.63, 3.8) is 0 Å². The van der Waals surface area contributed by atoms with Crippen LogP contribution >= 0.6 is 22.6 Å². The quantitative estimate of drug-likeness (QED) is 0.0350. The summed E-state index contributed by atoms with van der Waals surface area (Å²) in [4.78, 5) is 37.8. The minimum Gasteiger partial charge on any atom is -0.460 e. The van der Waals surface area contributed by atoms with Crippen molar-refractivity contribution in [2.75, 3.05) is 39.6 Å². The zero-order chi connectivity index (χ0) is 46.3. The van der Waals surface area contributed by atoms with E-state index in [-0.39, 0.29) is 22.6 Å². The van der Waals surface area contributed by atoms with Crippen LogP contribution in [0.2, 0.25) is 0 Å². The predicted molar refractivity (Wildman–Crippen MR) is 154 cm³/mol. The summed E-state index contributed by atoms with van der Waals surface area (Å²) in [6.45, 7) is -9.73. The van der Waals surface area contributed by atoms with Gasteiger partial charge in [-0.3, -0.25) is 9.59 Å². The van der Waals surface area contributed by atoms with Crippen LogP contribution in [0.4, 0.5) is 87.8 Å². The Hall–Kier alpha value is -2.42. The lowest BCUT2D eigenvalue weighted by atomic mass is 9.98. The van der Waals surface area contributed by atoms with E-state index in [1.165, 1.54) is 0 Å².